The molecule has 1 saturated carbocycles. The summed E-state index contributed by atoms with van der Waals surface area (Å²) in [5.41, 5.74) is 1.36. The predicted octanol–water partition coefficient (Wildman–Crippen LogP) is 4.73. The number of piperidine rings is 1. The van der Waals surface area contributed by atoms with Crippen LogP contribution in [0.15, 0.2) is 47.6 Å². The van der Waals surface area contributed by atoms with Crippen LogP contribution in [0.1, 0.15) is 44.9 Å². The molecule has 8 heteroatoms. The van der Waals surface area contributed by atoms with E-state index in [9.17, 15) is 4.79 Å². The van der Waals surface area contributed by atoms with Crippen molar-refractivity contribution < 1.29 is 9.53 Å². The first-order valence-electron chi connectivity index (χ1n) is 11.9. The molecule has 1 aromatic heterocycles. The van der Waals surface area contributed by atoms with Crippen LogP contribution in [0.3, 0.4) is 0 Å². The maximum Gasteiger partial charge on any atom is 0.321 e. The summed E-state index contributed by atoms with van der Waals surface area (Å²) < 4.78 is 5.37. The molecule has 1 saturated heterocycles. The number of amidine groups is 1. The van der Waals surface area contributed by atoms with Crippen molar-refractivity contribution in [2.24, 2.45) is 4.99 Å². The van der Waals surface area contributed by atoms with Crippen molar-refractivity contribution in [3.8, 4) is 5.75 Å². The number of ether oxygens (including phenoxy) is 1. The van der Waals surface area contributed by atoms with Crippen molar-refractivity contribution in [2.75, 3.05) is 36.1 Å². The molecule has 1 aliphatic carbocycles. The largest absolute Gasteiger partial charge is 0.495 e. The third-order valence-corrected chi connectivity index (χ3v) is 7.01. The summed E-state index contributed by atoms with van der Waals surface area (Å²) in [7, 11) is 1.61. The molecule has 0 bridgehead atoms. The van der Waals surface area contributed by atoms with E-state index in [4.69, 9.17) is 9.73 Å². The monoisotopic (exact) mass is 448 g/mol. The number of rotatable bonds is 3. The Morgan fingerprint density at radius 2 is 1.94 bits per heavy atom. The van der Waals surface area contributed by atoms with Crippen LogP contribution in [0.2, 0.25) is 0 Å². The van der Waals surface area contributed by atoms with Crippen molar-refractivity contribution >= 4 is 29.1 Å². The third-order valence-electron chi connectivity index (χ3n) is 7.01. The zero-order chi connectivity index (χ0) is 22.7. The van der Waals surface area contributed by atoms with E-state index < -0.39 is 0 Å². The second-order valence-corrected chi connectivity index (χ2v) is 9.12. The molecule has 1 aromatic carbocycles. The highest BCUT2D eigenvalue weighted by atomic mass is 16.5. The Morgan fingerprint density at radius 3 is 2.73 bits per heavy atom. The van der Waals surface area contributed by atoms with Gasteiger partial charge in [0.15, 0.2) is 5.82 Å². The maximum atomic E-state index is 13.0. The maximum absolute atomic E-state index is 13.0. The highest BCUT2D eigenvalue weighted by Gasteiger charge is 2.44. The van der Waals surface area contributed by atoms with Crippen LogP contribution in [0, 0.1) is 0 Å². The van der Waals surface area contributed by atoms with Gasteiger partial charge in [-0.05, 0) is 49.9 Å². The van der Waals surface area contributed by atoms with Crippen molar-refractivity contribution in [3.05, 3.63) is 42.6 Å². The second-order valence-electron chi connectivity index (χ2n) is 9.12. The predicted molar refractivity (Wildman–Crippen MR) is 131 cm³/mol. The fourth-order valence-electron chi connectivity index (χ4n) is 5.10. The first-order chi connectivity index (χ1) is 16.2. The first kappa shape index (κ1) is 21.6. The smallest absolute Gasteiger partial charge is 0.321 e. The zero-order valence-electron chi connectivity index (χ0n) is 19.1. The molecular weight excluding hydrogens is 416 g/mol. The summed E-state index contributed by atoms with van der Waals surface area (Å²) in [6.45, 7) is 1.27. The lowest BCUT2D eigenvalue weighted by molar-refractivity contribution is 0.190. The van der Waals surface area contributed by atoms with Gasteiger partial charge in [-0.2, -0.15) is 0 Å². The van der Waals surface area contributed by atoms with E-state index in [0.29, 0.717) is 30.6 Å². The molecule has 2 fully saturated rings. The zero-order valence-corrected chi connectivity index (χ0v) is 19.1. The number of carbonyl (C=O) groups is 1. The number of pyridine rings is 1. The Hall–Kier alpha value is -3.29. The van der Waals surface area contributed by atoms with Gasteiger partial charge in [-0.25, -0.2) is 9.78 Å². The number of fused-ring (bicyclic) bond motifs is 1. The van der Waals surface area contributed by atoms with Crippen LogP contribution in [-0.4, -0.2) is 53.5 Å². The number of methoxy groups -OCH3 is 1. The molecule has 8 nitrogen and oxygen atoms in total. The van der Waals surface area contributed by atoms with E-state index in [1.807, 2.05) is 35.2 Å². The summed E-state index contributed by atoms with van der Waals surface area (Å²) in [6, 6.07) is 11.7. The van der Waals surface area contributed by atoms with Crippen molar-refractivity contribution in [1.82, 2.24) is 9.88 Å². The molecule has 2 aromatic rings. The fourth-order valence-corrected chi connectivity index (χ4v) is 5.10. The van der Waals surface area contributed by atoms with Gasteiger partial charge in [-0.3, -0.25) is 4.99 Å². The lowest BCUT2D eigenvalue weighted by Crippen LogP contribution is -2.59. The number of hydrogen-bond donors (Lipinski definition) is 3. The molecule has 3 aliphatic rings. The van der Waals surface area contributed by atoms with Gasteiger partial charge >= 0.3 is 6.03 Å². The molecule has 2 amide bonds. The number of nitrogens with one attached hydrogen (secondary N) is 3. The molecule has 5 rings (SSSR count). The van der Waals surface area contributed by atoms with Gasteiger partial charge in [-0.15, -0.1) is 0 Å². The lowest BCUT2D eigenvalue weighted by atomic mass is 9.83. The summed E-state index contributed by atoms with van der Waals surface area (Å²) in [5, 5.41) is 10.3. The number of para-hydroxylation sites is 2. The normalized spacial score (nSPS) is 21.1. The van der Waals surface area contributed by atoms with Crippen LogP contribution < -0.4 is 20.7 Å². The van der Waals surface area contributed by atoms with E-state index in [-0.39, 0.29) is 11.6 Å². The molecule has 2 aliphatic heterocycles. The minimum atomic E-state index is -0.311. The average Bonchev–Trinajstić information content (AvgIpc) is 2.86. The van der Waals surface area contributed by atoms with E-state index >= 15 is 0 Å². The lowest BCUT2D eigenvalue weighted by Gasteiger charge is -2.46. The molecule has 3 N–H and O–H groups in total. The summed E-state index contributed by atoms with van der Waals surface area (Å²) in [6.07, 6.45) is 9.43. The van der Waals surface area contributed by atoms with E-state index in [2.05, 4.69) is 27.0 Å². The number of carbonyl (C=O) groups excluding carboxylic acids is 1. The Morgan fingerprint density at radius 1 is 1.15 bits per heavy atom. The molecular formula is C25H32N6O2. The molecule has 33 heavy (non-hydrogen) atoms. The number of anilines is 3. The molecule has 0 radical (unpaired) electrons. The number of hydrogen-bond acceptors (Lipinski definition) is 5. The number of amides is 2. The Bertz CT molecular complexity index is 1030. The molecule has 0 unspecified atom stereocenters. The quantitative estimate of drug-likeness (QED) is 0.632. The first-order valence-corrected chi connectivity index (χ1v) is 11.9. The topological polar surface area (TPSA) is 90.9 Å². The number of nitrogens with zero attached hydrogens (tertiary/aromatic N) is 3. The minimum absolute atomic E-state index is 0.106. The van der Waals surface area contributed by atoms with Crippen LogP contribution in [0.25, 0.3) is 0 Å². The Balaban J connectivity index is 1.33. The van der Waals surface area contributed by atoms with Crippen LogP contribution in [0.5, 0.6) is 5.75 Å². The summed E-state index contributed by atoms with van der Waals surface area (Å²) in [5.74, 6) is 2.46. The Labute approximate surface area is 194 Å². The molecule has 1 spiro atoms. The fraction of sp³-hybridized carbons (Fsp3) is 0.480. The van der Waals surface area contributed by atoms with Crippen LogP contribution >= 0.6 is 0 Å². The highest BCUT2D eigenvalue weighted by Crippen LogP contribution is 2.37. The summed E-state index contributed by atoms with van der Waals surface area (Å²) >= 11 is 0. The van der Waals surface area contributed by atoms with E-state index in [1.54, 1.807) is 13.3 Å². The summed E-state index contributed by atoms with van der Waals surface area (Å²) in [4.78, 5) is 24.6. The molecule has 174 valence electrons. The number of aliphatic imine (C=N–C) groups is 1. The average molecular weight is 449 g/mol. The molecule has 0 atom stereocenters. The number of aromatic nitrogens is 1. The van der Waals surface area contributed by atoms with Crippen molar-refractivity contribution in [2.45, 2.75) is 56.5 Å². The van der Waals surface area contributed by atoms with Gasteiger partial charge in [0.1, 0.15) is 11.6 Å². The van der Waals surface area contributed by atoms with Gasteiger partial charge in [0.05, 0.1) is 30.1 Å². The van der Waals surface area contributed by atoms with Gasteiger partial charge in [0.2, 0.25) is 0 Å². The SMILES string of the molecule is COc1ccccc1NC(=O)N1CCC2(CC1)Nc1cccnc1NC2=NC1CCCCC1. The van der Waals surface area contributed by atoms with Crippen LogP contribution in [0.4, 0.5) is 22.0 Å². The number of likely N-dealkylation sites (tertiary alicyclic amines) is 1. The second kappa shape index (κ2) is 9.29. The minimum Gasteiger partial charge on any atom is -0.495 e. The standard InChI is InChI=1S/C25H32N6O2/c1-33-21-12-6-5-10-19(21)28-24(32)31-16-13-25(14-17-31)23(27-18-8-3-2-4-9-18)29-22-20(30-25)11-7-15-26-22/h5-7,10-12,15,18,30H,2-4,8-9,13-14,16-17H2,1H3,(H,28,32)(H,26,27,29). The van der Waals surface area contributed by atoms with Gasteiger partial charge < -0.3 is 25.6 Å². The van der Waals surface area contributed by atoms with Crippen molar-refractivity contribution in [1.29, 1.82) is 0 Å². The Kier molecular flexibility index (Phi) is 6.07. The molecule has 3 heterocycles. The number of benzene rings is 1. The van der Waals surface area contributed by atoms with Crippen molar-refractivity contribution in [3.63, 3.8) is 0 Å². The highest BCUT2D eigenvalue weighted by molar-refractivity contribution is 6.09. The van der Waals surface area contributed by atoms with Crippen LogP contribution in [-0.2, 0) is 0 Å². The number of urea groups is 1. The van der Waals surface area contributed by atoms with E-state index in [0.717, 1.165) is 43.0 Å². The van der Waals surface area contributed by atoms with Gasteiger partial charge in [0.25, 0.3) is 0 Å². The third kappa shape index (κ3) is 4.47. The van der Waals surface area contributed by atoms with E-state index in [1.165, 1.54) is 19.3 Å². The van der Waals surface area contributed by atoms with Gasteiger partial charge in [0, 0.05) is 19.3 Å². The van der Waals surface area contributed by atoms with Gasteiger partial charge in [-0.1, -0.05) is 31.4 Å².